The molecule has 0 amide bonds. The smallest absolute Gasteiger partial charge is 0.337 e. The van der Waals surface area contributed by atoms with Gasteiger partial charge in [0.15, 0.2) is 0 Å². The first kappa shape index (κ1) is 15.6. The number of carbonyl (C=O) groups is 1. The first-order valence-electron chi connectivity index (χ1n) is 6.97. The van der Waals surface area contributed by atoms with Gasteiger partial charge in [-0.1, -0.05) is 31.9 Å². The molecule has 0 radical (unpaired) electrons. The van der Waals surface area contributed by atoms with E-state index < -0.39 is 0 Å². The van der Waals surface area contributed by atoms with Gasteiger partial charge in [0.1, 0.15) is 6.61 Å². The summed E-state index contributed by atoms with van der Waals surface area (Å²) in [6.07, 6.45) is 2.04. The molecular formula is C17H14Br2O3. The fourth-order valence-corrected chi connectivity index (χ4v) is 3.45. The maximum Gasteiger partial charge on any atom is 0.337 e. The van der Waals surface area contributed by atoms with Crippen molar-refractivity contribution in [1.82, 2.24) is 0 Å². The summed E-state index contributed by atoms with van der Waals surface area (Å²) in [5.41, 5.74) is 2.72. The highest BCUT2D eigenvalue weighted by Crippen LogP contribution is 2.34. The summed E-state index contributed by atoms with van der Waals surface area (Å²) in [6.45, 7) is 2.61. The maximum absolute atomic E-state index is 12.0. The third-order valence-corrected chi connectivity index (χ3v) is 5.00. The Bertz CT molecular complexity index is 781. The van der Waals surface area contributed by atoms with Crippen LogP contribution in [-0.4, -0.2) is 12.6 Å². The second kappa shape index (κ2) is 6.42. The van der Waals surface area contributed by atoms with Gasteiger partial charge in [0.2, 0.25) is 0 Å². The molecule has 1 aliphatic heterocycles. The molecule has 0 atom stereocenters. The average Bonchev–Trinajstić information content (AvgIpc) is 2.72. The minimum absolute atomic E-state index is 0.316. The highest BCUT2D eigenvalue weighted by atomic mass is 79.9. The monoisotopic (exact) mass is 424 g/mol. The van der Waals surface area contributed by atoms with Gasteiger partial charge in [-0.2, -0.15) is 0 Å². The Hall–Kier alpha value is -1.33. The molecule has 0 aromatic heterocycles. The summed E-state index contributed by atoms with van der Waals surface area (Å²) < 4.78 is 12.7. The largest absolute Gasteiger partial charge is 0.496 e. The van der Waals surface area contributed by atoms with E-state index in [0.717, 1.165) is 30.8 Å². The summed E-state index contributed by atoms with van der Waals surface area (Å²) in [5.74, 6) is -0.316. The number of carbonyl (C=O) groups excluding carboxylic acids is 1. The Kier molecular flexibility index (Phi) is 4.54. The van der Waals surface area contributed by atoms with E-state index in [1.165, 1.54) is 6.26 Å². The average molecular weight is 426 g/mol. The number of rotatable bonds is 2. The molecule has 1 aliphatic rings. The van der Waals surface area contributed by atoms with Crippen LogP contribution in [0.15, 0.2) is 45.0 Å². The maximum atomic E-state index is 12.0. The first-order valence-corrected chi connectivity index (χ1v) is 8.56. The molecule has 0 unspecified atom stereocenters. The molecule has 3 nitrogen and oxygen atoms in total. The van der Waals surface area contributed by atoms with Gasteiger partial charge in [0, 0.05) is 15.4 Å². The van der Waals surface area contributed by atoms with E-state index in [4.69, 9.17) is 9.47 Å². The molecule has 2 aromatic rings. The van der Waals surface area contributed by atoms with Gasteiger partial charge in [0.25, 0.3) is 0 Å². The SMILES string of the molecule is CCOC(=O)C1=COCc2cc3c(Br)ccc(Br)c3cc2C1. The van der Waals surface area contributed by atoms with Crippen LogP contribution in [0.5, 0.6) is 0 Å². The third-order valence-electron chi connectivity index (χ3n) is 3.61. The molecule has 0 saturated carbocycles. The molecule has 2 aromatic carbocycles. The van der Waals surface area contributed by atoms with E-state index in [2.05, 4.69) is 44.0 Å². The molecule has 0 fully saturated rings. The van der Waals surface area contributed by atoms with Crippen molar-refractivity contribution in [1.29, 1.82) is 0 Å². The molecule has 3 rings (SSSR count). The van der Waals surface area contributed by atoms with Crippen molar-refractivity contribution in [3.05, 3.63) is 56.2 Å². The second-order valence-corrected chi connectivity index (χ2v) is 6.76. The lowest BCUT2D eigenvalue weighted by Crippen LogP contribution is -2.09. The standard InChI is InChI=1S/C17H14Br2O3/c1-2-22-17(20)12-5-10-6-13-14(7-11(10)8-21-9-12)16(19)4-3-15(13)18/h3-4,6-7,9H,2,5,8H2,1H3. The van der Waals surface area contributed by atoms with Gasteiger partial charge in [-0.3, -0.25) is 0 Å². The van der Waals surface area contributed by atoms with Crippen LogP contribution in [0, 0.1) is 0 Å². The topological polar surface area (TPSA) is 35.5 Å². The number of hydrogen-bond donors (Lipinski definition) is 0. The second-order valence-electron chi connectivity index (χ2n) is 5.05. The van der Waals surface area contributed by atoms with Crippen LogP contribution in [0.1, 0.15) is 18.1 Å². The van der Waals surface area contributed by atoms with Gasteiger partial charge in [-0.15, -0.1) is 0 Å². The molecule has 0 aliphatic carbocycles. The van der Waals surface area contributed by atoms with Crippen LogP contribution in [0.4, 0.5) is 0 Å². The minimum atomic E-state index is -0.316. The zero-order chi connectivity index (χ0) is 15.7. The van der Waals surface area contributed by atoms with Gasteiger partial charge in [0.05, 0.1) is 18.4 Å². The van der Waals surface area contributed by atoms with Crippen molar-refractivity contribution >= 4 is 48.6 Å². The van der Waals surface area contributed by atoms with Crippen molar-refractivity contribution in [2.45, 2.75) is 20.0 Å². The zero-order valence-corrected chi connectivity index (χ0v) is 15.2. The summed E-state index contributed by atoms with van der Waals surface area (Å²) in [4.78, 5) is 12.0. The Morgan fingerprint density at radius 2 is 1.82 bits per heavy atom. The van der Waals surface area contributed by atoms with E-state index in [-0.39, 0.29) is 5.97 Å². The molecule has 5 heteroatoms. The molecule has 0 N–H and O–H groups in total. The summed E-state index contributed by atoms with van der Waals surface area (Å²) >= 11 is 7.17. The number of hydrogen-bond acceptors (Lipinski definition) is 3. The van der Waals surface area contributed by atoms with E-state index in [1.807, 2.05) is 12.1 Å². The molecule has 0 bridgehead atoms. The number of ether oxygens (including phenoxy) is 2. The van der Waals surface area contributed by atoms with Crippen LogP contribution >= 0.6 is 31.9 Å². The van der Waals surface area contributed by atoms with Crippen molar-refractivity contribution in [2.75, 3.05) is 6.61 Å². The molecule has 114 valence electrons. The zero-order valence-electron chi connectivity index (χ0n) is 12.0. The van der Waals surface area contributed by atoms with Crippen molar-refractivity contribution in [3.8, 4) is 0 Å². The van der Waals surface area contributed by atoms with Crippen molar-refractivity contribution in [3.63, 3.8) is 0 Å². The van der Waals surface area contributed by atoms with Gasteiger partial charge < -0.3 is 9.47 Å². The highest BCUT2D eigenvalue weighted by molar-refractivity contribution is 9.11. The number of esters is 1. The van der Waals surface area contributed by atoms with Crippen LogP contribution in [-0.2, 0) is 27.3 Å². The number of benzene rings is 2. The molecule has 0 spiro atoms. The fraction of sp³-hybridized carbons (Fsp3) is 0.235. The molecule has 0 saturated heterocycles. The molecular weight excluding hydrogens is 412 g/mol. The van der Waals surface area contributed by atoms with Crippen LogP contribution in [0.2, 0.25) is 0 Å². The lowest BCUT2D eigenvalue weighted by Gasteiger charge is -2.11. The summed E-state index contributed by atoms with van der Waals surface area (Å²) in [7, 11) is 0. The number of halogens is 2. The van der Waals surface area contributed by atoms with Gasteiger partial charge in [-0.05, 0) is 53.1 Å². The van der Waals surface area contributed by atoms with Gasteiger partial charge >= 0.3 is 5.97 Å². The quantitative estimate of drug-likeness (QED) is 0.643. The summed E-state index contributed by atoms with van der Waals surface area (Å²) in [6, 6.07) is 8.25. The predicted octanol–water partition coefficient (Wildman–Crippen LogP) is 4.88. The lowest BCUT2D eigenvalue weighted by atomic mass is 9.97. The van der Waals surface area contributed by atoms with Gasteiger partial charge in [-0.25, -0.2) is 4.79 Å². The predicted molar refractivity (Wildman–Crippen MR) is 92.6 cm³/mol. The van der Waals surface area contributed by atoms with Crippen LogP contribution < -0.4 is 0 Å². The van der Waals surface area contributed by atoms with E-state index in [1.54, 1.807) is 6.92 Å². The van der Waals surface area contributed by atoms with Crippen molar-refractivity contribution < 1.29 is 14.3 Å². The highest BCUT2D eigenvalue weighted by Gasteiger charge is 2.19. The van der Waals surface area contributed by atoms with E-state index in [0.29, 0.717) is 25.2 Å². The van der Waals surface area contributed by atoms with E-state index in [9.17, 15) is 4.79 Å². The third kappa shape index (κ3) is 2.92. The summed E-state index contributed by atoms with van der Waals surface area (Å²) in [5, 5.41) is 2.23. The Balaban J connectivity index is 2.07. The van der Waals surface area contributed by atoms with E-state index >= 15 is 0 Å². The van der Waals surface area contributed by atoms with Crippen LogP contribution in [0.25, 0.3) is 10.8 Å². The normalized spacial score (nSPS) is 13.9. The first-order chi connectivity index (χ1) is 10.6. The lowest BCUT2D eigenvalue weighted by molar-refractivity contribution is -0.138. The number of fused-ring (bicyclic) bond motifs is 2. The van der Waals surface area contributed by atoms with Crippen LogP contribution in [0.3, 0.4) is 0 Å². The fourth-order valence-electron chi connectivity index (χ4n) is 2.53. The molecule has 22 heavy (non-hydrogen) atoms. The Labute approximate surface area is 145 Å². The molecule has 1 heterocycles. The Morgan fingerprint density at radius 3 is 2.45 bits per heavy atom. The van der Waals surface area contributed by atoms with Crippen molar-refractivity contribution in [2.24, 2.45) is 0 Å². The Morgan fingerprint density at radius 1 is 1.18 bits per heavy atom. The minimum Gasteiger partial charge on any atom is -0.496 e.